The average molecular weight is 331 g/mol. The average Bonchev–Trinajstić information content (AvgIpc) is 2.54. The van der Waals surface area contributed by atoms with Crippen LogP contribution < -0.4 is 15.8 Å². The number of carbonyl (C=O) groups excluding carboxylic acids is 1. The molecule has 1 amide bonds. The Morgan fingerprint density at radius 2 is 2.12 bits per heavy atom. The first kappa shape index (κ1) is 17.9. The van der Waals surface area contributed by atoms with Crippen molar-refractivity contribution >= 4 is 5.91 Å². The third kappa shape index (κ3) is 5.03. The van der Waals surface area contributed by atoms with E-state index in [2.05, 4.69) is 24.1 Å². The number of aromatic nitrogens is 1. The van der Waals surface area contributed by atoms with E-state index in [-0.39, 0.29) is 17.1 Å². The molecular formula is C18H22FN3O2. The minimum Gasteiger partial charge on any atom is -0.453 e. The van der Waals surface area contributed by atoms with Crippen LogP contribution in [0.4, 0.5) is 4.39 Å². The molecule has 1 heterocycles. The summed E-state index contributed by atoms with van der Waals surface area (Å²) in [5, 5.41) is 3.28. The van der Waals surface area contributed by atoms with Gasteiger partial charge >= 0.3 is 0 Å². The lowest BCUT2D eigenvalue weighted by Gasteiger charge is -2.11. The molecule has 5 nitrogen and oxygen atoms in total. The number of nitrogens with one attached hydrogen (secondary N) is 1. The zero-order chi connectivity index (χ0) is 17.5. The molecule has 3 N–H and O–H groups in total. The van der Waals surface area contributed by atoms with Crippen LogP contribution in [-0.2, 0) is 6.54 Å². The standard InChI is InChI=1S/C18H22FN3O2/c1-12(2)5-7-21-10-13-3-4-17(15(19)9-13)24-16-6-8-22-11-14(16)18(20)23/h3-4,6,8-9,11-12,21H,5,7,10H2,1-2H3,(H2,20,23). The quantitative estimate of drug-likeness (QED) is 0.728. The van der Waals surface area contributed by atoms with Crippen LogP contribution in [0, 0.1) is 11.7 Å². The smallest absolute Gasteiger partial charge is 0.254 e. The number of rotatable bonds is 8. The maximum absolute atomic E-state index is 14.2. The van der Waals surface area contributed by atoms with Gasteiger partial charge in [-0.1, -0.05) is 19.9 Å². The normalized spacial score (nSPS) is 10.8. The number of pyridine rings is 1. The molecule has 0 spiro atoms. The van der Waals surface area contributed by atoms with Gasteiger partial charge in [-0.15, -0.1) is 0 Å². The van der Waals surface area contributed by atoms with Crippen molar-refractivity contribution in [1.29, 1.82) is 0 Å². The summed E-state index contributed by atoms with van der Waals surface area (Å²) in [6.07, 6.45) is 3.82. The molecule has 1 aromatic carbocycles. The highest BCUT2D eigenvalue weighted by Crippen LogP contribution is 2.27. The molecule has 0 saturated heterocycles. The first-order valence-corrected chi connectivity index (χ1v) is 7.88. The second-order valence-electron chi connectivity index (χ2n) is 5.96. The molecule has 24 heavy (non-hydrogen) atoms. The van der Waals surface area contributed by atoms with Gasteiger partial charge < -0.3 is 15.8 Å². The van der Waals surface area contributed by atoms with Gasteiger partial charge in [-0.05, 0) is 42.6 Å². The lowest BCUT2D eigenvalue weighted by molar-refractivity contribution is 0.0997. The first-order valence-electron chi connectivity index (χ1n) is 7.88. The number of amides is 1. The van der Waals surface area contributed by atoms with Crippen molar-refractivity contribution in [2.24, 2.45) is 11.7 Å². The fourth-order valence-electron chi connectivity index (χ4n) is 2.13. The summed E-state index contributed by atoms with van der Waals surface area (Å²) in [5.41, 5.74) is 6.19. The summed E-state index contributed by atoms with van der Waals surface area (Å²) in [4.78, 5) is 15.2. The van der Waals surface area contributed by atoms with E-state index in [4.69, 9.17) is 10.5 Å². The maximum Gasteiger partial charge on any atom is 0.254 e. The molecule has 1 aromatic heterocycles. The van der Waals surface area contributed by atoms with Crippen LogP contribution in [0.5, 0.6) is 11.5 Å². The second-order valence-corrected chi connectivity index (χ2v) is 5.96. The number of primary amides is 1. The van der Waals surface area contributed by atoms with Gasteiger partial charge in [0.1, 0.15) is 11.3 Å². The number of hydrogen-bond acceptors (Lipinski definition) is 4. The van der Waals surface area contributed by atoms with E-state index in [1.807, 2.05) is 0 Å². The SMILES string of the molecule is CC(C)CCNCc1ccc(Oc2ccncc2C(N)=O)c(F)c1. The Balaban J connectivity index is 2.04. The van der Waals surface area contributed by atoms with E-state index in [1.165, 1.54) is 24.5 Å². The van der Waals surface area contributed by atoms with Gasteiger partial charge in [0.15, 0.2) is 11.6 Å². The highest BCUT2D eigenvalue weighted by atomic mass is 19.1. The van der Waals surface area contributed by atoms with E-state index in [0.29, 0.717) is 12.5 Å². The van der Waals surface area contributed by atoms with E-state index in [9.17, 15) is 9.18 Å². The van der Waals surface area contributed by atoms with Crippen LogP contribution in [0.3, 0.4) is 0 Å². The monoisotopic (exact) mass is 331 g/mol. The van der Waals surface area contributed by atoms with Crippen molar-refractivity contribution in [3.8, 4) is 11.5 Å². The minimum absolute atomic E-state index is 0.0367. The molecule has 2 rings (SSSR count). The minimum atomic E-state index is -0.676. The van der Waals surface area contributed by atoms with Gasteiger partial charge in [0.25, 0.3) is 5.91 Å². The van der Waals surface area contributed by atoms with Gasteiger partial charge in [-0.3, -0.25) is 9.78 Å². The Hall–Kier alpha value is -2.47. The Morgan fingerprint density at radius 3 is 2.79 bits per heavy atom. The Kier molecular flexibility index (Phi) is 6.26. The number of benzene rings is 1. The molecule has 0 aliphatic rings. The largest absolute Gasteiger partial charge is 0.453 e. The van der Waals surface area contributed by atoms with Crippen LogP contribution in [0.15, 0.2) is 36.7 Å². The molecule has 0 saturated carbocycles. The molecule has 0 aliphatic heterocycles. The number of halogens is 1. The van der Waals surface area contributed by atoms with Crippen molar-refractivity contribution in [1.82, 2.24) is 10.3 Å². The lowest BCUT2D eigenvalue weighted by atomic mass is 10.1. The highest BCUT2D eigenvalue weighted by Gasteiger charge is 2.12. The fourth-order valence-corrected chi connectivity index (χ4v) is 2.13. The zero-order valence-corrected chi connectivity index (χ0v) is 13.9. The van der Waals surface area contributed by atoms with Crippen LogP contribution in [-0.4, -0.2) is 17.4 Å². The van der Waals surface area contributed by atoms with E-state index in [0.717, 1.165) is 18.5 Å². The molecule has 0 radical (unpaired) electrons. The van der Waals surface area contributed by atoms with E-state index >= 15 is 0 Å². The predicted molar refractivity (Wildman–Crippen MR) is 90.4 cm³/mol. The summed E-state index contributed by atoms with van der Waals surface area (Å²) < 4.78 is 19.7. The van der Waals surface area contributed by atoms with Gasteiger partial charge in [0, 0.05) is 18.9 Å². The highest BCUT2D eigenvalue weighted by molar-refractivity contribution is 5.95. The van der Waals surface area contributed by atoms with Gasteiger partial charge in [-0.2, -0.15) is 0 Å². The molecule has 0 bridgehead atoms. The van der Waals surface area contributed by atoms with E-state index in [1.54, 1.807) is 12.1 Å². The topological polar surface area (TPSA) is 77.2 Å². The number of nitrogens with two attached hydrogens (primary N) is 1. The van der Waals surface area contributed by atoms with Crippen molar-refractivity contribution in [3.05, 3.63) is 53.6 Å². The summed E-state index contributed by atoms with van der Waals surface area (Å²) >= 11 is 0. The van der Waals surface area contributed by atoms with Crippen LogP contribution in [0.25, 0.3) is 0 Å². The summed E-state index contributed by atoms with van der Waals surface area (Å²) in [7, 11) is 0. The van der Waals surface area contributed by atoms with Crippen molar-refractivity contribution < 1.29 is 13.9 Å². The molecule has 0 atom stereocenters. The van der Waals surface area contributed by atoms with Gasteiger partial charge in [0.2, 0.25) is 0 Å². The van der Waals surface area contributed by atoms with E-state index < -0.39 is 11.7 Å². The number of carbonyl (C=O) groups is 1. The van der Waals surface area contributed by atoms with Crippen molar-refractivity contribution in [2.75, 3.05) is 6.54 Å². The molecule has 0 fully saturated rings. The number of hydrogen-bond donors (Lipinski definition) is 2. The fraction of sp³-hybridized carbons (Fsp3) is 0.333. The predicted octanol–water partition coefficient (Wildman–Crippen LogP) is 3.25. The molecule has 2 aromatic rings. The third-order valence-electron chi connectivity index (χ3n) is 3.49. The number of nitrogens with zero attached hydrogens (tertiary/aromatic N) is 1. The molecule has 0 unspecified atom stereocenters. The van der Waals surface area contributed by atoms with Crippen molar-refractivity contribution in [2.45, 2.75) is 26.8 Å². The van der Waals surface area contributed by atoms with Gasteiger partial charge in [-0.25, -0.2) is 4.39 Å². The molecule has 0 aliphatic carbocycles. The van der Waals surface area contributed by atoms with Crippen LogP contribution >= 0.6 is 0 Å². The van der Waals surface area contributed by atoms with Crippen LogP contribution in [0.1, 0.15) is 36.2 Å². The lowest BCUT2D eigenvalue weighted by Crippen LogP contribution is -2.16. The van der Waals surface area contributed by atoms with Gasteiger partial charge in [0.05, 0.1) is 0 Å². The Bertz CT molecular complexity index is 704. The first-order chi connectivity index (χ1) is 11.5. The second kappa shape index (κ2) is 8.40. The van der Waals surface area contributed by atoms with Crippen molar-refractivity contribution in [3.63, 3.8) is 0 Å². The van der Waals surface area contributed by atoms with Crippen LogP contribution in [0.2, 0.25) is 0 Å². The zero-order valence-electron chi connectivity index (χ0n) is 13.9. The number of ether oxygens (including phenoxy) is 1. The third-order valence-corrected chi connectivity index (χ3v) is 3.49. The Morgan fingerprint density at radius 1 is 1.33 bits per heavy atom. The molecule has 6 heteroatoms. The molecule has 128 valence electrons. The molecular weight excluding hydrogens is 309 g/mol. The maximum atomic E-state index is 14.2. The Labute approximate surface area is 141 Å². The summed E-state index contributed by atoms with van der Waals surface area (Å²) in [5.74, 6) is -0.325. The summed E-state index contributed by atoms with van der Waals surface area (Å²) in [6, 6.07) is 6.22. The summed E-state index contributed by atoms with van der Waals surface area (Å²) in [6.45, 7) is 5.79.